The number of fused-ring (bicyclic) bond motifs is 10. The smallest absolute Gasteiger partial charge is 0.146 e. The highest BCUT2D eigenvalue weighted by Gasteiger charge is 2.15. The van der Waals surface area contributed by atoms with Crippen molar-refractivity contribution in [1.82, 2.24) is 14.4 Å². The van der Waals surface area contributed by atoms with Crippen molar-refractivity contribution in [2.24, 2.45) is 0 Å². The number of imidazole rings is 1. The Bertz CT molecular complexity index is 1410. The Balaban J connectivity index is 2.03. The molecule has 0 aliphatic heterocycles. The Kier molecular flexibility index (Phi) is 2.07. The summed E-state index contributed by atoms with van der Waals surface area (Å²) in [6.07, 6.45) is 7.50. The van der Waals surface area contributed by atoms with Gasteiger partial charge in [-0.2, -0.15) is 0 Å². The van der Waals surface area contributed by atoms with E-state index in [1.807, 2.05) is 49.1 Å². The van der Waals surface area contributed by atoms with Gasteiger partial charge in [0.25, 0.3) is 0 Å². The number of pyridine rings is 2. The first kappa shape index (κ1) is 12.1. The lowest BCUT2D eigenvalue weighted by atomic mass is 10.0. The molecule has 0 radical (unpaired) electrons. The predicted octanol–water partition coefficient (Wildman–Crippen LogP) is 4.94. The predicted molar refractivity (Wildman–Crippen MR) is 95.3 cm³/mol. The molecule has 4 heterocycles. The van der Waals surface area contributed by atoms with Crippen LogP contribution in [0.3, 0.4) is 0 Å². The summed E-state index contributed by atoms with van der Waals surface area (Å²) in [6.45, 7) is 0. The number of aromatic nitrogens is 3. The Morgan fingerprint density at radius 2 is 1.79 bits per heavy atom. The van der Waals surface area contributed by atoms with Crippen molar-refractivity contribution in [2.75, 3.05) is 0 Å². The fourth-order valence-electron chi connectivity index (χ4n) is 3.73. The summed E-state index contributed by atoms with van der Waals surface area (Å²) in [5.74, 6) is 0. The minimum Gasteiger partial charge on any atom is -0.455 e. The van der Waals surface area contributed by atoms with E-state index in [1.165, 1.54) is 0 Å². The molecule has 6 rings (SSSR count). The van der Waals surface area contributed by atoms with E-state index in [0.29, 0.717) is 0 Å². The van der Waals surface area contributed by atoms with Crippen LogP contribution >= 0.6 is 0 Å². The first-order valence-electron chi connectivity index (χ1n) is 7.84. The van der Waals surface area contributed by atoms with E-state index in [2.05, 4.69) is 32.6 Å². The van der Waals surface area contributed by atoms with Crippen molar-refractivity contribution in [2.45, 2.75) is 0 Å². The van der Waals surface area contributed by atoms with Crippen LogP contribution in [0.1, 0.15) is 0 Å². The molecule has 0 aliphatic rings. The van der Waals surface area contributed by atoms with Gasteiger partial charge in [-0.1, -0.05) is 18.2 Å². The van der Waals surface area contributed by atoms with E-state index >= 15 is 0 Å². The maximum atomic E-state index is 6.25. The lowest BCUT2D eigenvalue weighted by Gasteiger charge is -2.08. The summed E-state index contributed by atoms with van der Waals surface area (Å²) in [5.41, 5.74) is 3.84. The summed E-state index contributed by atoms with van der Waals surface area (Å²) in [7, 11) is 0. The van der Waals surface area contributed by atoms with Crippen LogP contribution in [0.2, 0.25) is 0 Å². The van der Waals surface area contributed by atoms with E-state index in [4.69, 9.17) is 4.42 Å². The molecule has 0 saturated carbocycles. The summed E-state index contributed by atoms with van der Waals surface area (Å²) >= 11 is 0. The monoisotopic (exact) mass is 309 g/mol. The van der Waals surface area contributed by atoms with Gasteiger partial charge in [0, 0.05) is 46.3 Å². The Labute approximate surface area is 136 Å². The second kappa shape index (κ2) is 4.11. The van der Waals surface area contributed by atoms with Crippen molar-refractivity contribution in [3.8, 4) is 0 Å². The Hall–Kier alpha value is -3.40. The van der Waals surface area contributed by atoms with Gasteiger partial charge >= 0.3 is 0 Å². The molecule has 4 heteroatoms. The molecule has 6 aromatic rings. The third kappa shape index (κ3) is 1.34. The van der Waals surface area contributed by atoms with E-state index in [-0.39, 0.29) is 0 Å². The Morgan fingerprint density at radius 1 is 0.833 bits per heavy atom. The number of benzene rings is 2. The SMILES string of the molecule is c1ccc2c(c1)oc1c2ccc2c1c1ccncc1c1nccn21. The lowest BCUT2D eigenvalue weighted by Crippen LogP contribution is -1.91. The van der Waals surface area contributed by atoms with Gasteiger partial charge < -0.3 is 4.42 Å². The highest BCUT2D eigenvalue weighted by atomic mass is 16.3. The van der Waals surface area contributed by atoms with Gasteiger partial charge in [-0.25, -0.2) is 4.98 Å². The van der Waals surface area contributed by atoms with Crippen LogP contribution in [-0.2, 0) is 0 Å². The fraction of sp³-hybridized carbons (Fsp3) is 0. The highest BCUT2D eigenvalue weighted by Crippen LogP contribution is 2.38. The first-order valence-corrected chi connectivity index (χ1v) is 7.84. The van der Waals surface area contributed by atoms with E-state index in [9.17, 15) is 0 Å². The van der Waals surface area contributed by atoms with Crippen molar-refractivity contribution in [1.29, 1.82) is 0 Å². The van der Waals surface area contributed by atoms with Crippen LogP contribution in [0.4, 0.5) is 0 Å². The zero-order valence-electron chi connectivity index (χ0n) is 12.6. The molecule has 0 saturated heterocycles. The van der Waals surface area contributed by atoms with E-state index in [0.717, 1.165) is 49.3 Å². The Morgan fingerprint density at radius 3 is 2.79 bits per heavy atom. The van der Waals surface area contributed by atoms with Gasteiger partial charge in [-0.3, -0.25) is 9.38 Å². The average Bonchev–Trinajstić information content (AvgIpc) is 3.26. The average molecular weight is 309 g/mol. The molecule has 0 unspecified atom stereocenters. The topological polar surface area (TPSA) is 43.3 Å². The van der Waals surface area contributed by atoms with Crippen molar-refractivity contribution < 1.29 is 4.42 Å². The van der Waals surface area contributed by atoms with Crippen LogP contribution in [0.5, 0.6) is 0 Å². The number of nitrogens with zero attached hydrogens (tertiary/aromatic N) is 3. The maximum absolute atomic E-state index is 6.25. The van der Waals surface area contributed by atoms with Crippen molar-refractivity contribution in [3.63, 3.8) is 0 Å². The zero-order valence-corrected chi connectivity index (χ0v) is 12.6. The zero-order chi connectivity index (χ0) is 15.7. The van der Waals surface area contributed by atoms with Crippen LogP contribution in [0.25, 0.3) is 49.3 Å². The number of furan rings is 1. The fourth-order valence-corrected chi connectivity index (χ4v) is 3.73. The molecule has 2 aromatic carbocycles. The molecule has 4 aromatic heterocycles. The minimum atomic E-state index is 0.910. The molecule has 112 valence electrons. The van der Waals surface area contributed by atoms with Crippen LogP contribution in [0.15, 0.2) is 71.7 Å². The largest absolute Gasteiger partial charge is 0.455 e. The normalized spacial score (nSPS) is 12.2. The number of hydrogen-bond acceptors (Lipinski definition) is 3. The first-order chi connectivity index (χ1) is 11.9. The van der Waals surface area contributed by atoms with Gasteiger partial charge in [0.05, 0.1) is 10.9 Å². The number of para-hydroxylation sites is 1. The van der Waals surface area contributed by atoms with Gasteiger partial charge in [-0.05, 0) is 24.3 Å². The maximum Gasteiger partial charge on any atom is 0.146 e. The second-order valence-electron chi connectivity index (χ2n) is 5.98. The molecule has 0 N–H and O–H groups in total. The summed E-state index contributed by atoms with van der Waals surface area (Å²) in [4.78, 5) is 8.80. The van der Waals surface area contributed by atoms with Crippen LogP contribution in [-0.4, -0.2) is 14.4 Å². The van der Waals surface area contributed by atoms with Gasteiger partial charge in [0.1, 0.15) is 16.8 Å². The molecule has 0 spiro atoms. The van der Waals surface area contributed by atoms with Gasteiger partial charge in [-0.15, -0.1) is 0 Å². The molecule has 0 atom stereocenters. The third-order valence-corrected chi connectivity index (χ3v) is 4.76. The molecule has 0 fully saturated rings. The van der Waals surface area contributed by atoms with Crippen molar-refractivity contribution in [3.05, 3.63) is 67.3 Å². The molecule has 24 heavy (non-hydrogen) atoms. The quantitative estimate of drug-likeness (QED) is 0.373. The minimum absolute atomic E-state index is 0.910. The summed E-state index contributed by atoms with van der Waals surface area (Å²) < 4.78 is 8.35. The van der Waals surface area contributed by atoms with Gasteiger partial charge in [0.15, 0.2) is 0 Å². The molecule has 0 aliphatic carbocycles. The molecule has 0 amide bonds. The third-order valence-electron chi connectivity index (χ3n) is 4.76. The number of hydrogen-bond donors (Lipinski definition) is 0. The summed E-state index contributed by atoms with van der Waals surface area (Å²) in [6, 6.07) is 14.5. The summed E-state index contributed by atoms with van der Waals surface area (Å²) in [5, 5.41) is 5.52. The van der Waals surface area contributed by atoms with Crippen LogP contribution in [0, 0.1) is 0 Å². The highest BCUT2D eigenvalue weighted by molar-refractivity contribution is 6.23. The van der Waals surface area contributed by atoms with Crippen LogP contribution < -0.4 is 0 Å². The standard InChI is InChI=1S/C20H11N3O/c1-2-4-17-12(3-1)14-5-6-16-18(19(14)24-17)13-7-8-21-11-15(13)20-22-9-10-23(16)20/h1-11H. The van der Waals surface area contributed by atoms with E-state index in [1.54, 1.807) is 0 Å². The van der Waals surface area contributed by atoms with Gasteiger partial charge in [0.2, 0.25) is 0 Å². The molecular weight excluding hydrogens is 298 g/mol. The lowest BCUT2D eigenvalue weighted by molar-refractivity contribution is 0.673. The molecular formula is C20H11N3O. The molecule has 0 bridgehead atoms. The van der Waals surface area contributed by atoms with E-state index < -0.39 is 0 Å². The molecule has 4 nitrogen and oxygen atoms in total. The second-order valence-corrected chi connectivity index (χ2v) is 5.98. The van der Waals surface area contributed by atoms with Crippen molar-refractivity contribution >= 4 is 49.3 Å². The number of rotatable bonds is 0.